The summed E-state index contributed by atoms with van der Waals surface area (Å²) in [5.41, 5.74) is 0.468. The summed E-state index contributed by atoms with van der Waals surface area (Å²) in [7, 11) is 0. The Bertz CT molecular complexity index is 465. The zero-order valence-electron chi connectivity index (χ0n) is 9.60. The summed E-state index contributed by atoms with van der Waals surface area (Å²) in [6.45, 7) is 0. The van der Waals surface area contributed by atoms with Crippen LogP contribution >= 0.6 is 0 Å². The summed E-state index contributed by atoms with van der Waals surface area (Å²) in [6.07, 6.45) is 3.60. The standard InChI is InChI=1S/C14H15NO2/c15-9-10-3-1-2-4-13(10)14(16)7-11-5-6-12(8-14)17-11/h1-4,11-12,16H,5-8H2. The van der Waals surface area contributed by atoms with E-state index >= 15 is 0 Å². The first-order valence-electron chi connectivity index (χ1n) is 6.09. The molecule has 1 aromatic carbocycles. The Kier molecular flexibility index (Phi) is 2.43. The molecule has 2 fully saturated rings. The van der Waals surface area contributed by atoms with Gasteiger partial charge in [-0.3, -0.25) is 0 Å². The molecule has 0 saturated carbocycles. The van der Waals surface area contributed by atoms with Crippen molar-refractivity contribution in [2.24, 2.45) is 0 Å². The molecule has 2 heterocycles. The highest BCUT2D eigenvalue weighted by Crippen LogP contribution is 2.44. The molecule has 3 nitrogen and oxygen atoms in total. The molecule has 3 rings (SSSR count). The van der Waals surface area contributed by atoms with E-state index in [2.05, 4.69) is 6.07 Å². The zero-order chi connectivity index (χ0) is 11.9. The number of fused-ring (bicyclic) bond motifs is 2. The number of nitrogens with zero attached hydrogens (tertiary/aromatic N) is 1. The first-order chi connectivity index (χ1) is 8.21. The lowest BCUT2D eigenvalue weighted by molar-refractivity contribution is -0.115. The number of aliphatic hydroxyl groups is 1. The Morgan fingerprint density at radius 2 is 1.88 bits per heavy atom. The van der Waals surface area contributed by atoms with E-state index in [1.54, 1.807) is 6.07 Å². The van der Waals surface area contributed by atoms with E-state index in [4.69, 9.17) is 10.00 Å². The van der Waals surface area contributed by atoms with Gasteiger partial charge in [0.05, 0.1) is 29.4 Å². The van der Waals surface area contributed by atoms with Crippen LogP contribution in [0.4, 0.5) is 0 Å². The average molecular weight is 229 g/mol. The van der Waals surface area contributed by atoms with Crippen LogP contribution in [0.1, 0.15) is 36.8 Å². The molecule has 0 aliphatic carbocycles. The first kappa shape index (κ1) is 10.8. The third-order valence-electron chi connectivity index (χ3n) is 3.88. The van der Waals surface area contributed by atoms with Gasteiger partial charge in [0, 0.05) is 18.4 Å². The molecule has 17 heavy (non-hydrogen) atoms. The molecular weight excluding hydrogens is 214 g/mol. The fourth-order valence-corrected chi connectivity index (χ4v) is 3.12. The highest BCUT2D eigenvalue weighted by molar-refractivity contribution is 5.41. The third kappa shape index (κ3) is 1.74. The van der Waals surface area contributed by atoms with Crippen LogP contribution in [0.25, 0.3) is 0 Å². The molecule has 2 unspecified atom stereocenters. The summed E-state index contributed by atoms with van der Waals surface area (Å²) in [5, 5.41) is 19.9. The van der Waals surface area contributed by atoms with E-state index in [0.717, 1.165) is 18.4 Å². The van der Waals surface area contributed by atoms with Gasteiger partial charge in [0.2, 0.25) is 0 Å². The van der Waals surface area contributed by atoms with Crippen LogP contribution in [0.5, 0.6) is 0 Å². The van der Waals surface area contributed by atoms with E-state index in [-0.39, 0.29) is 12.2 Å². The molecule has 2 aliphatic rings. The Morgan fingerprint density at radius 1 is 1.24 bits per heavy atom. The maximum atomic E-state index is 10.8. The summed E-state index contributed by atoms with van der Waals surface area (Å²) in [6, 6.07) is 9.51. The van der Waals surface area contributed by atoms with Gasteiger partial charge in [0.25, 0.3) is 0 Å². The van der Waals surface area contributed by atoms with E-state index in [1.807, 2.05) is 18.2 Å². The Hall–Kier alpha value is -1.37. The van der Waals surface area contributed by atoms with Crippen molar-refractivity contribution in [2.75, 3.05) is 0 Å². The maximum absolute atomic E-state index is 10.8. The van der Waals surface area contributed by atoms with E-state index in [9.17, 15) is 5.11 Å². The smallest absolute Gasteiger partial charge is 0.0995 e. The van der Waals surface area contributed by atoms with Crippen molar-refractivity contribution >= 4 is 0 Å². The van der Waals surface area contributed by atoms with Crippen molar-refractivity contribution in [3.63, 3.8) is 0 Å². The summed E-state index contributed by atoms with van der Waals surface area (Å²) >= 11 is 0. The molecule has 0 aromatic heterocycles. The molecule has 2 saturated heterocycles. The minimum absolute atomic E-state index is 0.158. The van der Waals surface area contributed by atoms with Crippen molar-refractivity contribution in [2.45, 2.75) is 43.5 Å². The molecule has 0 amide bonds. The van der Waals surface area contributed by atoms with Gasteiger partial charge >= 0.3 is 0 Å². The molecule has 2 atom stereocenters. The van der Waals surface area contributed by atoms with Gasteiger partial charge in [-0.25, -0.2) is 0 Å². The van der Waals surface area contributed by atoms with Gasteiger partial charge in [-0.15, -0.1) is 0 Å². The van der Waals surface area contributed by atoms with Crippen LogP contribution in [0, 0.1) is 11.3 Å². The van der Waals surface area contributed by atoms with Crippen molar-refractivity contribution < 1.29 is 9.84 Å². The molecule has 3 heteroatoms. The van der Waals surface area contributed by atoms with Gasteiger partial charge in [0.15, 0.2) is 0 Å². The first-order valence-corrected chi connectivity index (χ1v) is 6.09. The van der Waals surface area contributed by atoms with Crippen molar-refractivity contribution in [1.82, 2.24) is 0 Å². The minimum atomic E-state index is -0.879. The second kappa shape index (κ2) is 3.83. The Morgan fingerprint density at radius 3 is 2.53 bits per heavy atom. The highest BCUT2D eigenvalue weighted by Gasteiger charge is 2.45. The molecule has 0 spiro atoms. The summed E-state index contributed by atoms with van der Waals surface area (Å²) in [4.78, 5) is 0. The van der Waals surface area contributed by atoms with Crippen molar-refractivity contribution in [3.8, 4) is 6.07 Å². The van der Waals surface area contributed by atoms with E-state index < -0.39 is 5.60 Å². The Labute approximate surface area is 101 Å². The molecule has 0 radical (unpaired) electrons. The van der Waals surface area contributed by atoms with Crippen LogP contribution in [-0.2, 0) is 10.3 Å². The molecular formula is C14H15NO2. The lowest BCUT2D eigenvalue weighted by Crippen LogP contribution is -2.39. The van der Waals surface area contributed by atoms with Crippen molar-refractivity contribution in [1.29, 1.82) is 5.26 Å². The predicted molar refractivity (Wildman–Crippen MR) is 62.2 cm³/mol. The number of rotatable bonds is 1. The van der Waals surface area contributed by atoms with Crippen LogP contribution in [-0.4, -0.2) is 17.3 Å². The van der Waals surface area contributed by atoms with Gasteiger partial charge in [0.1, 0.15) is 0 Å². The fourth-order valence-electron chi connectivity index (χ4n) is 3.12. The number of hydrogen-bond acceptors (Lipinski definition) is 3. The second-order valence-electron chi connectivity index (χ2n) is 5.05. The number of hydrogen-bond donors (Lipinski definition) is 1. The van der Waals surface area contributed by atoms with Gasteiger partial charge in [-0.2, -0.15) is 5.26 Å². The maximum Gasteiger partial charge on any atom is 0.0995 e. The predicted octanol–water partition coefficient (Wildman–Crippen LogP) is 2.09. The van der Waals surface area contributed by atoms with E-state index in [0.29, 0.717) is 18.4 Å². The number of ether oxygens (including phenoxy) is 1. The molecule has 1 aromatic rings. The SMILES string of the molecule is N#Cc1ccccc1C1(O)CC2CCC(C1)O2. The van der Waals surface area contributed by atoms with Crippen LogP contribution < -0.4 is 0 Å². The van der Waals surface area contributed by atoms with Gasteiger partial charge in [-0.1, -0.05) is 18.2 Å². The molecule has 1 N–H and O–H groups in total. The Balaban J connectivity index is 2.00. The fraction of sp³-hybridized carbons (Fsp3) is 0.500. The topological polar surface area (TPSA) is 53.2 Å². The number of benzene rings is 1. The summed E-state index contributed by atoms with van der Waals surface area (Å²) in [5.74, 6) is 0. The van der Waals surface area contributed by atoms with Crippen molar-refractivity contribution in [3.05, 3.63) is 35.4 Å². The lowest BCUT2D eigenvalue weighted by atomic mass is 9.81. The highest BCUT2D eigenvalue weighted by atomic mass is 16.5. The number of nitriles is 1. The van der Waals surface area contributed by atoms with Crippen LogP contribution in [0.15, 0.2) is 24.3 Å². The summed E-state index contributed by atoms with van der Waals surface area (Å²) < 4.78 is 5.74. The quantitative estimate of drug-likeness (QED) is 0.802. The monoisotopic (exact) mass is 229 g/mol. The van der Waals surface area contributed by atoms with Crippen LogP contribution in [0.3, 0.4) is 0 Å². The van der Waals surface area contributed by atoms with Gasteiger partial charge in [-0.05, 0) is 18.9 Å². The van der Waals surface area contributed by atoms with E-state index in [1.165, 1.54) is 0 Å². The van der Waals surface area contributed by atoms with Crippen LogP contribution in [0.2, 0.25) is 0 Å². The normalized spacial score (nSPS) is 35.5. The molecule has 2 bridgehead atoms. The largest absolute Gasteiger partial charge is 0.385 e. The average Bonchev–Trinajstić information content (AvgIpc) is 2.69. The lowest BCUT2D eigenvalue weighted by Gasteiger charge is -2.37. The molecule has 2 aliphatic heterocycles. The zero-order valence-corrected chi connectivity index (χ0v) is 9.60. The third-order valence-corrected chi connectivity index (χ3v) is 3.88. The second-order valence-corrected chi connectivity index (χ2v) is 5.05. The molecule has 88 valence electrons. The van der Waals surface area contributed by atoms with Gasteiger partial charge < -0.3 is 9.84 Å². The minimum Gasteiger partial charge on any atom is -0.385 e.